The topological polar surface area (TPSA) is 379 Å². The highest BCUT2D eigenvalue weighted by molar-refractivity contribution is 5.77. The Hall–Kier alpha value is -3.23. The predicted molar refractivity (Wildman–Crippen MR) is 249 cm³/mol. The average Bonchev–Trinajstić information content (AvgIpc) is 3.38. The molecule has 418 valence electrons. The fourth-order valence-corrected chi connectivity index (χ4v) is 9.88. The quantitative estimate of drug-likeness (QED) is 0.0541. The Morgan fingerprint density at radius 1 is 0.493 bits per heavy atom. The second-order valence-electron chi connectivity index (χ2n) is 19.5. The van der Waals surface area contributed by atoms with E-state index in [1.165, 1.54) is 4.90 Å². The van der Waals surface area contributed by atoms with Crippen LogP contribution in [0.2, 0.25) is 0 Å². The molecule has 0 saturated carbocycles. The lowest BCUT2D eigenvalue weighted by Crippen LogP contribution is -2.64. The predicted octanol–water partition coefficient (Wildman–Crippen LogP) is -4.69. The van der Waals surface area contributed by atoms with E-state index in [9.17, 15) is 65.4 Å². The highest BCUT2D eigenvalue weighted by atomic mass is 16.8. The van der Waals surface area contributed by atoms with Crippen molar-refractivity contribution < 1.29 is 103 Å². The first kappa shape index (κ1) is 59.0. The van der Waals surface area contributed by atoms with Crippen molar-refractivity contribution in [2.75, 3.05) is 52.9 Å². The lowest BCUT2D eigenvalue weighted by molar-refractivity contribution is -0.355. The Morgan fingerprint density at radius 2 is 0.877 bits per heavy atom. The number of amides is 3. The second-order valence-corrected chi connectivity index (χ2v) is 19.5. The molecule has 12 saturated heterocycles. The number of carbonyl (C=O) groups is 3. The summed E-state index contributed by atoms with van der Waals surface area (Å²) in [7, 11) is 0. The number of hydrogen-bond acceptors (Lipinski definition) is 23. The molecule has 26 heteroatoms. The molecule has 14 N–H and O–H groups in total. The Bertz CT molecular complexity index is 1670. The Labute approximate surface area is 423 Å². The monoisotopic (exact) mass is 1050 g/mol. The van der Waals surface area contributed by atoms with Gasteiger partial charge in [0, 0.05) is 68.8 Å². The highest BCUT2D eigenvalue weighted by Gasteiger charge is 2.53. The van der Waals surface area contributed by atoms with Crippen molar-refractivity contribution >= 4 is 17.7 Å². The third kappa shape index (κ3) is 15.5. The van der Waals surface area contributed by atoms with Gasteiger partial charge in [0.25, 0.3) is 0 Å². The average molecular weight is 1050 g/mol. The van der Waals surface area contributed by atoms with Gasteiger partial charge in [-0.25, -0.2) is 0 Å². The van der Waals surface area contributed by atoms with Gasteiger partial charge in [-0.15, -0.1) is 0 Å². The summed E-state index contributed by atoms with van der Waals surface area (Å²) in [4.78, 5) is 40.6. The number of nitrogens with zero attached hydrogens (tertiary/aromatic N) is 1. The molecule has 0 spiro atoms. The summed E-state index contributed by atoms with van der Waals surface area (Å²) in [5.41, 5.74) is 0.912. The second kappa shape index (κ2) is 28.2. The molecule has 20 unspecified atom stereocenters. The van der Waals surface area contributed by atoms with E-state index < -0.39 is 136 Å². The summed E-state index contributed by atoms with van der Waals surface area (Å²) in [6.45, 7) is 8.66. The molecule has 8 bridgehead atoms. The highest BCUT2D eigenvalue weighted by Crippen LogP contribution is 2.36. The van der Waals surface area contributed by atoms with Crippen molar-refractivity contribution in [3.63, 3.8) is 0 Å². The van der Waals surface area contributed by atoms with Gasteiger partial charge in [-0.05, 0) is 38.5 Å². The van der Waals surface area contributed by atoms with Crippen LogP contribution in [0.3, 0.4) is 0 Å². The molecule has 26 nitrogen and oxygen atoms in total. The van der Waals surface area contributed by atoms with Gasteiger partial charge >= 0.3 is 0 Å². The van der Waals surface area contributed by atoms with Crippen molar-refractivity contribution in [1.29, 1.82) is 0 Å². The molecule has 3 amide bonds. The molecule has 12 aliphatic rings. The number of nitrogens with one attached hydrogen (secondary N) is 4. The number of aliphatic hydroxyl groups is 10. The first-order chi connectivity index (χ1) is 34.9. The summed E-state index contributed by atoms with van der Waals surface area (Å²) in [5, 5.41) is 119. The van der Waals surface area contributed by atoms with E-state index in [0.29, 0.717) is 49.9 Å². The maximum Gasteiger partial charge on any atom is 0.225 e. The normalized spacial score (nSPS) is 39.2. The zero-order valence-electron chi connectivity index (χ0n) is 41.3. The summed E-state index contributed by atoms with van der Waals surface area (Å²) < 4.78 is 46.4. The van der Waals surface area contributed by atoms with Gasteiger partial charge in [-0.1, -0.05) is 32.9 Å². The summed E-state index contributed by atoms with van der Waals surface area (Å²) in [6.07, 6.45) is -20.9. The molecule has 12 heterocycles. The Morgan fingerprint density at radius 3 is 1.26 bits per heavy atom. The van der Waals surface area contributed by atoms with Crippen molar-refractivity contribution in [3.8, 4) is 0 Å². The summed E-state index contributed by atoms with van der Waals surface area (Å²) in [6, 6.07) is 0. The molecule has 0 aromatic heterocycles. The molecule has 0 aromatic rings. The van der Waals surface area contributed by atoms with Crippen LogP contribution in [0, 0.1) is 11.8 Å². The SMILES string of the molecule is C=C(CCC(=O)NCC1OC2OC3C(CO)OC(OCCCCC1C(O)C2O)C(O)C3O)NCN(CNC(=C)CCC(=O)NCC1OC2OC3C(CO)OC(OCCCCC1C(O)C2O)C(O)C3O)C(=O)CC. The van der Waals surface area contributed by atoms with E-state index in [1.807, 2.05) is 0 Å². The molecule has 0 aromatic carbocycles. The van der Waals surface area contributed by atoms with Crippen molar-refractivity contribution in [3.05, 3.63) is 24.6 Å². The van der Waals surface area contributed by atoms with E-state index >= 15 is 0 Å². The standard InChI is InChI=1S/C47H79N5O21/c1-4-33(57)52(21-50-23(2)11-13-31(55)48-17-27-25-9-5-7-15-66-44-40(64)36(60)42(29(19-53)70-44)72-46(68-27)38(62)34(25)58)22-51-24(3)12-14-32(56)49-18-28-26-10-6-8-16-67-45-41(65)37(61)43(30(20-54)71-45)73-47(69-28)39(63)35(26)59/h25-30,34-47,50-51,53-54,58-65H,2-22H2,1H3,(H,48,55)(H,49,56). The third-order valence-electron chi connectivity index (χ3n) is 14.4. The Kier molecular flexibility index (Phi) is 22.8. The fraction of sp³-hybridized carbons (Fsp3) is 0.851. The molecule has 12 aliphatic heterocycles. The summed E-state index contributed by atoms with van der Waals surface area (Å²) >= 11 is 0. The van der Waals surface area contributed by atoms with Gasteiger partial charge in [0.1, 0.15) is 61.0 Å². The number of carbonyl (C=O) groups excluding carboxylic acids is 3. The minimum atomic E-state index is -1.59. The molecular formula is C47H79N5O21. The van der Waals surface area contributed by atoms with Crippen LogP contribution in [0.25, 0.3) is 0 Å². The maximum atomic E-state index is 13.1. The first-order valence-electron chi connectivity index (χ1n) is 25.4. The molecular weight excluding hydrogens is 971 g/mol. The van der Waals surface area contributed by atoms with Gasteiger partial charge in [0.15, 0.2) is 25.2 Å². The van der Waals surface area contributed by atoms with Crippen molar-refractivity contribution in [2.45, 2.75) is 188 Å². The third-order valence-corrected chi connectivity index (χ3v) is 14.4. The molecule has 0 aliphatic carbocycles. The smallest absolute Gasteiger partial charge is 0.225 e. The molecule has 73 heavy (non-hydrogen) atoms. The molecule has 0 radical (unpaired) electrons. The van der Waals surface area contributed by atoms with E-state index in [0.717, 1.165) is 0 Å². The number of ether oxygens (including phenoxy) is 8. The van der Waals surface area contributed by atoms with Crippen molar-refractivity contribution in [1.82, 2.24) is 26.2 Å². The van der Waals surface area contributed by atoms with E-state index in [-0.39, 0.29) is 89.5 Å². The minimum Gasteiger partial charge on any atom is -0.394 e. The minimum absolute atomic E-state index is 0.0103. The van der Waals surface area contributed by atoms with Gasteiger partial charge in [0.05, 0.1) is 51.0 Å². The molecule has 12 fully saturated rings. The lowest BCUT2D eigenvalue weighted by atomic mass is 9.84. The number of hydrogen-bond donors (Lipinski definition) is 14. The fourth-order valence-electron chi connectivity index (χ4n) is 9.88. The zero-order chi connectivity index (χ0) is 52.9. The van der Waals surface area contributed by atoms with Crippen LogP contribution in [0.1, 0.15) is 77.6 Å². The Balaban J connectivity index is 0.926. The zero-order valence-corrected chi connectivity index (χ0v) is 41.3. The van der Waals surface area contributed by atoms with Crippen LogP contribution in [0.15, 0.2) is 24.6 Å². The number of rotatable bonds is 19. The number of allylic oxidation sites excluding steroid dienone is 2. The summed E-state index contributed by atoms with van der Waals surface area (Å²) in [5.74, 6) is -2.21. The van der Waals surface area contributed by atoms with Crippen LogP contribution in [0.4, 0.5) is 0 Å². The van der Waals surface area contributed by atoms with E-state index in [2.05, 4.69) is 34.4 Å². The lowest BCUT2D eigenvalue weighted by Gasteiger charge is -2.47. The van der Waals surface area contributed by atoms with Gasteiger partial charge in [-0.3, -0.25) is 14.4 Å². The van der Waals surface area contributed by atoms with E-state index in [1.54, 1.807) is 6.92 Å². The van der Waals surface area contributed by atoms with Gasteiger partial charge < -0.3 is 115 Å². The van der Waals surface area contributed by atoms with Gasteiger partial charge in [-0.2, -0.15) is 0 Å². The van der Waals surface area contributed by atoms with Crippen LogP contribution in [-0.2, 0) is 52.3 Å². The number of aliphatic hydroxyl groups excluding tert-OH is 10. The van der Waals surface area contributed by atoms with E-state index in [4.69, 9.17) is 37.9 Å². The molecule has 20 atom stereocenters. The van der Waals surface area contributed by atoms with Crippen LogP contribution >= 0.6 is 0 Å². The van der Waals surface area contributed by atoms with Crippen LogP contribution in [0.5, 0.6) is 0 Å². The largest absolute Gasteiger partial charge is 0.394 e. The van der Waals surface area contributed by atoms with Crippen molar-refractivity contribution in [2.24, 2.45) is 11.8 Å². The maximum absolute atomic E-state index is 13.1. The van der Waals surface area contributed by atoms with Crippen LogP contribution in [-0.4, -0.2) is 237 Å². The molecule has 12 rings (SSSR count). The van der Waals surface area contributed by atoms with Crippen LogP contribution < -0.4 is 21.3 Å². The van der Waals surface area contributed by atoms with Gasteiger partial charge in [0.2, 0.25) is 17.7 Å². The first-order valence-corrected chi connectivity index (χ1v) is 25.4.